The topological polar surface area (TPSA) is 95.5 Å². The molecule has 3 N–H and O–H groups in total. The number of aliphatic hydroxyl groups excluding tert-OH is 1. The van der Waals surface area contributed by atoms with E-state index in [0.29, 0.717) is 0 Å². The Balaban J connectivity index is 1.77. The second kappa shape index (κ2) is 6.34. The van der Waals surface area contributed by atoms with E-state index in [2.05, 4.69) is 10.0 Å². The number of sulfonamides is 1. The number of nitrogens with one attached hydrogen (secondary N) is 2. The highest BCUT2D eigenvalue weighted by molar-refractivity contribution is 7.89. The number of rotatable bonds is 7. The Hall–Kier alpha value is -1.44. The Kier molecular flexibility index (Phi) is 4.74. The second-order valence-electron chi connectivity index (χ2n) is 4.85. The Morgan fingerprint density at radius 1 is 1.30 bits per heavy atom. The number of carbonyl (C=O) groups is 1. The molecule has 2 rings (SSSR count). The fourth-order valence-electron chi connectivity index (χ4n) is 1.77. The summed E-state index contributed by atoms with van der Waals surface area (Å²) in [4.78, 5) is 11.6. The van der Waals surface area contributed by atoms with Gasteiger partial charge in [0.1, 0.15) is 0 Å². The largest absolute Gasteiger partial charge is 0.391 e. The average molecular weight is 298 g/mol. The van der Waals surface area contributed by atoms with Crippen LogP contribution in [-0.4, -0.2) is 38.6 Å². The quantitative estimate of drug-likeness (QED) is 0.652. The first-order chi connectivity index (χ1) is 9.49. The fourth-order valence-corrected chi connectivity index (χ4v) is 2.78. The summed E-state index contributed by atoms with van der Waals surface area (Å²) < 4.78 is 25.9. The van der Waals surface area contributed by atoms with Gasteiger partial charge < -0.3 is 10.4 Å². The predicted octanol–water partition coefficient (Wildman–Crippen LogP) is -0.148. The van der Waals surface area contributed by atoms with Crippen molar-refractivity contribution < 1.29 is 18.3 Å². The van der Waals surface area contributed by atoms with E-state index in [9.17, 15) is 18.3 Å². The van der Waals surface area contributed by atoms with Crippen LogP contribution in [0.15, 0.2) is 35.2 Å². The predicted molar refractivity (Wildman–Crippen MR) is 73.4 cm³/mol. The van der Waals surface area contributed by atoms with Crippen LogP contribution in [0.4, 0.5) is 0 Å². The maximum Gasteiger partial charge on any atom is 0.241 e. The van der Waals surface area contributed by atoms with Crippen molar-refractivity contribution in [3.8, 4) is 0 Å². The molecule has 1 aliphatic rings. The molecule has 0 bridgehead atoms. The lowest BCUT2D eigenvalue weighted by Gasteiger charge is -2.11. The van der Waals surface area contributed by atoms with E-state index >= 15 is 0 Å². The zero-order chi connectivity index (χ0) is 14.6. The molecule has 1 unspecified atom stereocenters. The van der Waals surface area contributed by atoms with Crippen molar-refractivity contribution in [2.24, 2.45) is 5.92 Å². The van der Waals surface area contributed by atoms with Crippen LogP contribution in [0.2, 0.25) is 0 Å². The standard InChI is InChI=1S/C13H18N2O4S/c16-12(10-6-7-10)8-14-13(17)9-15-20(18,19)11-4-2-1-3-5-11/h1-5,10,12,15-16H,6-9H2,(H,14,17). The Labute approximate surface area is 118 Å². The minimum atomic E-state index is -3.67. The molecule has 1 aliphatic carbocycles. The molecular formula is C13H18N2O4S. The van der Waals surface area contributed by atoms with E-state index in [1.807, 2.05) is 0 Å². The summed E-state index contributed by atoms with van der Waals surface area (Å²) in [6, 6.07) is 7.85. The Morgan fingerprint density at radius 3 is 2.55 bits per heavy atom. The third-order valence-electron chi connectivity index (χ3n) is 3.15. The average Bonchev–Trinajstić information content (AvgIpc) is 3.28. The van der Waals surface area contributed by atoms with Gasteiger partial charge in [0.25, 0.3) is 0 Å². The minimum Gasteiger partial charge on any atom is -0.391 e. The second-order valence-corrected chi connectivity index (χ2v) is 6.61. The summed E-state index contributed by atoms with van der Waals surface area (Å²) in [5.74, 6) is -0.180. The summed E-state index contributed by atoms with van der Waals surface area (Å²) in [5.41, 5.74) is 0. The number of hydrogen-bond donors (Lipinski definition) is 3. The first-order valence-corrected chi connectivity index (χ1v) is 7.97. The van der Waals surface area contributed by atoms with E-state index in [1.54, 1.807) is 18.2 Å². The maximum absolute atomic E-state index is 11.9. The van der Waals surface area contributed by atoms with E-state index in [0.717, 1.165) is 12.8 Å². The number of hydrogen-bond acceptors (Lipinski definition) is 4. The molecule has 7 heteroatoms. The van der Waals surface area contributed by atoms with Crippen molar-refractivity contribution in [1.82, 2.24) is 10.0 Å². The van der Waals surface area contributed by atoms with Crippen LogP contribution in [0, 0.1) is 5.92 Å². The van der Waals surface area contributed by atoms with Gasteiger partial charge in [-0.15, -0.1) is 0 Å². The van der Waals surface area contributed by atoms with Crippen LogP contribution in [0.3, 0.4) is 0 Å². The number of amides is 1. The molecule has 0 spiro atoms. The van der Waals surface area contributed by atoms with Gasteiger partial charge in [0.15, 0.2) is 0 Å². The van der Waals surface area contributed by atoms with Crippen LogP contribution in [0.5, 0.6) is 0 Å². The molecular weight excluding hydrogens is 280 g/mol. The summed E-state index contributed by atoms with van der Waals surface area (Å²) >= 11 is 0. The summed E-state index contributed by atoms with van der Waals surface area (Å²) in [6.45, 7) is -0.175. The van der Waals surface area contributed by atoms with E-state index in [1.165, 1.54) is 12.1 Å². The minimum absolute atomic E-state index is 0.116. The van der Waals surface area contributed by atoms with E-state index < -0.39 is 22.0 Å². The molecule has 1 atom stereocenters. The highest BCUT2D eigenvalue weighted by Gasteiger charge is 2.29. The van der Waals surface area contributed by atoms with Gasteiger partial charge in [-0.3, -0.25) is 4.79 Å². The fraction of sp³-hybridized carbons (Fsp3) is 0.462. The highest BCUT2D eigenvalue weighted by Crippen LogP contribution is 2.32. The first-order valence-electron chi connectivity index (χ1n) is 6.48. The van der Waals surface area contributed by atoms with Crippen LogP contribution < -0.4 is 10.0 Å². The van der Waals surface area contributed by atoms with Crippen molar-refractivity contribution in [3.63, 3.8) is 0 Å². The zero-order valence-corrected chi connectivity index (χ0v) is 11.8. The number of benzene rings is 1. The lowest BCUT2D eigenvalue weighted by Crippen LogP contribution is -2.40. The van der Waals surface area contributed by atoms with Crippen LogP contribution in [0.25, 0.3) is 0 Å². The molecule has 1 aromatic rings. The third-order valence-corrected chi connectivity index (χ3v) is 4.57. The van der Waals surface area contributed by atoms with Crippen molar-refractivity contribution >= 4 is 15.9 Å². The SMILES string of the molecule is O=C(CNS(=O)(=O)c1ccccc1)NCC(O)C1CC1. The molecule has 20 heavy (non-hydrogen) atoms. The molecule has 6 nitrogen and oxygen atoms in total. The Morgan fingerprint density at radius 2 is 1.95 bits per heavy atom. The van der Waals surface area contributed by atoms with Crippen molar-refractivity contribution in [2.75, 3.05) is 13.1 Å². The molecule has 1 amide bonds. The lowest BCUT2D eigenvalue weighted by atomic mass is 10.2. The highest BCUT2D eigenvalue weighted by atomic mass is 32.2. The molecule has 0 radical (unpaired) electrons. The van der Waals surface area contributed by atoms with Crippen LogP contribution in [-0.2, 0) is 14.8 Å². The molecule has 1 fully saturated rings. The first kappa shape index (κ1) is 15.0. The molecule has 0 aliphatic heterocycles. The van der Waals surface area contributed by atoms with E-state index in [-0.39, 0.29) is 23.9 Å². The molecule has 1 aromatic carbocycles. The van der Waals surface area contributed by atoms with Gasteiger partial charge in [-0.25, -0.2) is 13.1 Å². The summed E-state index contributed by atoms with van der Waals surface area (Å²) in [5, 5.41) is 12.1. The summed E-state index contributed by atoms with van der Waals surface area (Å²) in [7, 11) is -3.67. The van der Waals surface area contributed by atoms with Gasteiger partial charge in [-0.2, -0.15) is 0 Å². The van der Waals surface area contributed by atoms with Gasteiger partial charge in [0.05, 0.1) is 17.5 Å². The van der Waals surface area contributed by atoms with Crippen LogP contribution >= 0.6 is 0 Å². The molecule has 0 aromatic heterocycles. The number of carbonyl (C=O) groups excluding carboxylic acids is 1. The monoisotopic (exact) mass is 298 g/mol. The van der Waals surface area contributed by atoms with E-state index in [4.69, 9.17) is 0 Å². The van der Waals surface area contributed by atoms with Gasteiger partial charge in [0.2, 0.25) is 15.9 Å². The number of aliphatic hydroxyl groups is 1. The van der Waals surface area contributed by atoms with Gasteiger partial charge >= 0.3 is 0 Å². The van der Waals surface area contributed by atoms with Crippen molar-refractivity contribution in [2.45, 2.75) is 23.8 Å². The van der Waals surface area contributed by atoms with Gasteiger partial charge in [-0.05, 0) is 30.9 Å². The Bertz CT molecular complexity index is 555. The van der Waals surface area contributed by atoms with Crippen molar-refractivity contribution in [3.05, 3.63) is 30.3 Å². The van der Waals surface area contributed by atoms with Gasteiger partial charge in [0, 0.05) is 6.54 Å². The van der Waals surface area contributed by atoms with Gasteiger partial charge in [-0.1, -0.05) is 18.2 Å². The molecule has 0 saturated heterocycles. The van der Waals surface area contributed by atoms with Crippen LogP contribution in [0.1, 0.15) is 12.8 Å². The normalized spacial score (nSPS) is 16.6. The van der Waals surface area contributed by atoms with Crippen molar-refractivity contribution in [1.29, 1.82) is 0 Å². The smallest absolute Gasteiger partial charge is 0.241 e. The molecule has 0 heterocycles. The molecule has 110 valence electrons. The summed E-state index contributed by atoms with van der Waals surface area (Å²) in [6.07, 6.45) is 1.43. The zero-order valence-electron chi connectivity index (χ0n) is 11.0. The molecule has 1 saturated carbocycles. The maximum atomic E-state index is 11.9. The third kappa shape index (κ3) is 4.29. The lowest BCUT2D eigenvalue weighted by molar-refractivity contribution is -0.120.